The molecule has 3 aromatic carbocycles. The summed E-state index contributed by atoms with van der Waals surface area (Å²) in [6.45, 7) is 1.91. The van der Waals surface area contributed by atoms with Crippen LogP contribution in [0.15, 0.2) is 77.7 Å². The van der Waals surface area contributed by atoms with Crippen molar-refractivity contribution in [2.45, 2.75) is 11.8 Å². The van der Waals surface area contributed by atoms with Crippen molar-refractivity contribution < 1.29 is 22.7 Å². The van der Waals surface area contributed by atoms with Gasteiger partial charge >= 0.3 is 0 Å². The lowest BCUT2D eigenvalue weighted by Crippen LogP contribution is -2.38. The highest BCUT2D eigenvalue weighted by molar-refractivity contribution is 7.92. The lowest BCUT2D eigenvalue weighted by Gasteiger charge is -2.24. The van der Waals surface area contributed by atoms with E-state index >= 15 is 0 Å². The lowest BCUT2D eigenvalue weighted by molar-refractivity contribution is -0.114. The van der Waals surface area contributed by atoms with Crippen LogP contribution in [0, 0.1) is 0 Å². The van der Waals surface area contributed by atoms with Gasteiger partial charge in [-0.25, -0.2) is 8.42 Å². The van der Waals surface area contributed by atoms with Gasteiger partial charge in [0.2, 0.25) is 5.91 Å². The van der Waals surface area contributed by atoms with Crippen molar-refractivity contribution in [2.75, 3.05) is 29.9 Å². The summed E-state index contributed by atoms with van der Waals surface area (Å²) in [6, 6.07) is 19.1. The van der Waals surface area contributed by atoms with E-state index in [-0.39, 0.29) is 4.90 Å². The predicted octanol–water partition coefficient (Wildman–Crippen LogP) is 4.58. The molecule has 168 valence electrons. The Bertz CT molecular complexity index is 1170. The fourth-order valence-electron chi connectivity index (χ4n) is 2.96. The molecule has 0 aliphatic rings. The third kappa shape index (κ3) is 5.72. The van der Waals surface area contributed by atoms with Crippen molar-refractivity contribution in [1.82, 2.24) is 0 Å². The van der Waals surface area contributed by atoms with Gasteiger partial charge in [0.05, 0.1) is 24.3 Å². The Hall–Kier alpha value is -3.23. The minimum atomic E-state index is -4.05. The Morgan fingerprint density at radius 3 is 2.31 bits per heavy atom. The average molecular weight is 475 g/mol. The smallest absolute Gasteiger partial charge is 0.264 e. The summed E-state index contributed by atoms with van der Waals surface area (Å²) in [6.07, 6.45) is 0. The van der Waals surface area contributed by atoms with Crippen LogP contribution in [0.1, 0.15) is 6.92 Å². The molecular formula is C23H23ClN2O5S. The van der Waals surface area contributed by atoms with Crippen LogP contribution in [0.25, 0.3) is 0 Å². The van der Waals surface area contributed by atoms with Gasteiger partial charge in [0, 0.05) is 16.8 Å². The van der Waals surface area contributed by atoms with Crippen molar-refractivity contribution in [3.63, 3.8) is 0 Å². The Morgan fingerprint density at radius 1 is 1.00 bits per heavy atom. The molecule has 32 heavy (non-hydrogen) atoms. The molecule has 3 rings (SSSR count). The van der Waals surface area contributed by atoms with E-state index in [2.05, 4.69) is 5.32 Å². The summed E-state index contributed by atoms with van der Waals surface area (Å²) in [5, 5.41) is 3.17. The number of hydrogen-bond acceptors (Lipinski definition) is 5. The molecule has 0 heterocycles. The Balaban J connectivity index is 1.90. The molecule has 0 saturated carbocycles. The second-order valence-corrected chi connectivity index (χ2v) is 8.97. The van der Waals surface area contributed by atoms with E-state index in [4.69, 9.17) is 21.1 Å². The normalized spacial score (nSPS) is 11.0. The summed E-state index contributed by atoms with van der Waals surface area (Å²) >= 11 is 5.96. The number of nitrogens with one attached hydrogen (secondary N) is 1. The molecule has 0 fully saturated rings. The van der Waals surface area contributed by atoms with Crippen LogP contribution in [-0.2, 0) is 14.8 Å². The first-order valence-corrected chi connectivity index (χ1v) is 11.6. The maximum absolute atomic E-state index is 13.4. The summed E-state index contributed by atoms with van der Waals surface area (Å²) in [5.41, 5.74) is 0.808. The van der Waals surface area contributed by atoms with Gasteiger partial charge in [0.25, 0.3) is 10.0 Å². The molecule has 1 amide bonds. The summed E-state index contributed by atoms with van der Waals surface area (Å²) in [4.78, 5) is 12.8. The highest BCUT2D eigenvalue weighted by Crippen LogP contribution is 2.26. The maximum Gasteiger partial charge on any atom is 0.264 e. The van der Waals surface area contributed by atoms with Crippen LogP contribution >= 0.6 is 11.6 Å². The molecule has 0 aromatic heterocycles. The highest BCUT2D eigenvalue weighted by atomic mass is 35.5. The summed E-state index contributed by atoms with van der Waals surface area (Å²) in [5.74, 6) is 0.616. The number of halogens is 1. The zero-order valence-corrected chi connectivity index (χ0v) is 19.2. The molecule has 0 aliphatic heterocycles. The molecule has 1 N–H and O–H groups in total. The van der Waals surface area contributed by atoms with Gasteiger partial charge in [-0.1, -0.05) is 17.7 Å². The molecule has 0 atom stereocenters. The number of rotatable bonds is 9. The average Bonchev–Trinajstić information content (AvgIpc) is 2.78. The summed E-state index contributed by atoms with van der Waals surface area (Å²) in [7, 11) is -2.55. The predicted molar refractivity (Wildman–Crippen MR) is 125 cm³/mol. The number of methoxy groups -OCH3 is 1. The van der Waals surface area contributed by atoms with Gasteiger partial charge in [-0.05, 0) is 67.6 Å². The number of amides is 1. The molecular weight excluding hydrogens is 452 g/mol. The number of carbonyl (C=O) groups excluding carboxylic acids is 1. The number of hydrogen-bond donors (Lipinski definition) is 1. The van der Waals surface area contributed by atoms with E-state index in [1.807, 2.05) is 6.92 Å². The van der Waals surface area contributed by atoms with E-state index in [1.54, 1.807) is 60.7 Å². The first kappa shape index (κ1) is 23.4. The van der Waals surface area contributed by atoms with Crippen molar-refractivity contribution in [3.05, 3.63) is 77.8 Å². The second kappa shape index (κ2) is 10.4. The maximum atomic E-state index is 13.4. The van der Waals surface area contributed by atoms with Crippen LogP contribution in [-0.4, -0.2) is 34.6 Å². The minimum Gasteiger partial charge on any atom is -0.497 e. The SMILES string of the molecule is CCOc1cccc(NC(=O)CN(c2ccc(Cl)cc2)S(=O)(=O)c2ccc(OC)cc2)c1. The molecule has 0 bridgehead atoms. The minimum absolute atomic E-state index is 0.0272. The fourth-order valence-corrected chi connectivity index (χ4v) is 4.51. The van der Waals surface area contributed by atoms with Gasteiger partial charge in [0.15, 0.2) is 0 Å². The molecule has 0 spiro atoms. The van der Waals surface area contributed by atoms with Crippen LogP contribution in [0.4, 0.5) is 11.4 Å². The first-order chi connectivity index (χ1) is 15.3. The van der Waals surface area contributed by atoms with Crippen molar-refractivity contribution in [2.24, 2.45) is 0 Å². The Morgan fingerprint density at radius 2 is 1.69 bits per heavy atom. The molecule has 0 saturated heterocycles. The van der Waals surface area contributed by atoms with E-state index in [0.717, 1.165) is 4.31 Å². The molecule has 9 heteroatoms. The van der Waals surface area contributed by atoms with Crippen LogP contribution < -0.4 is 19.1 Å². The van der Waals surface area contributed by atoms with Gasteiger partial charge in [-0.15, -0.1) is 0 Å². The molecule has 7 nitrogen and oxygen atoms in total. The zero-order chi connectivity index (χ0) is 23.1. The van der Waals surface area contributed by atoms with E-state index in [9.17, 15) is 13.2 Å². The topological polar surface area (TPSA) is 84.9 Å². The van der Waals surface area contributed by atoms with Crippen molar-refractivity contribution in [1.29, 1.82) is 0 Å². The number of benzene rings is 3. The third-order valence-corrected chi connectivity index (χ3v) is 6.52. The first-order valence-electron chi connectivity index (χ1n) is 9.78. The molecule has 0 aliphatic carbocycles. The number of sulfonamides is 1. The van der Waals surface area contributed by atoms with E-state index in [0.29, 0.717) is 34.5 Å². The Labute approximate surface area is 192 Å². The van der Waals surface area contributed by atoms with Crippen LogP contribution in [0.3, 0.4) is 0 Å². The number of nitrogens with zero attached hydrogens (tertiary/aromatic N) is 1. The van der Waals surface area contributed by atoms with Crippen molar-refractivity contribution in [3.8, 4) is 11.5 Å². The highest BCUT2D eigenvalue weighted by Gasteiger charge is 2.27. The van der Waals surface area contributed by atoms with Crippen LogP contribution in [0.5, 0.6) is 11.5 Å². The number of ether oxygens (including phenoxy) is 2. The lowest BCUT2D eigenvalue weighted by atomic mass is 10.3. The van der Waals surface area contributed by atoms with Gasteiger partial charge < -0.3 is 14.8 Å². The monoisotopic (exact) mass is 474 g/mol. The summed E-state index contributed by atoms with van der Waals surface area (Å²) < 4.78 is 38.4. The van der Waals surface area contributed by atoms with Crippen molar-refractivity contribution >= 4 is 38.9 Å². The molecule has 0 unspecified atom stereocenters. The fraction of sp³-hybridized carbons (Fsp3) is 0.174. The zero-order valence-electron chi connectivity index (χ0n) is 17.6. The van der Waals surface area contributed by atoms with E-state index in [1.165, 1.54) is 19.2 Å². The van der Waals surface area contributed by atoms with Crippen LogP contribution in [0.2, 0.25) is 5.02 Å². The third-order valence-electron chi connectivity index (χ3n) is 4.48. The van der Waals surface area contributed by atoms with Gasteiger partial charge in [-0.2, -0.15) is 0 Å². The van der Waals surface area contributed by atoms with Gasteiger partial charge in [-0.3, -0.25) is 9.10 Å². The van der Waals surface area contributed by atoms with Gasteiger partial charge in [0.1, 0.15) is 18.0 Å². The largest absolute Gasteiger partial charge is 0.497 e. The number of carbonyl (C=O) groups is 1. The molecule has 0 radical (unpaired) electrons. The Kier molecular flexibility index (Phi) is 7.61. The molecule has 3 aromatic rings. The second-order valence-electron chi connectivity index (χ2n) is 6.67. The number of anilines is 2. The quantitative estimate of drug-likeness (QED) is 0.490. The van der Waals surface area contributed by atoms with E-state index < -0.39 is 22.5 Å². The standard InChI is InChI=1S/C23H23ClN2O5S/c1-3-31-21-6-4-5-18(15-21)25-23(27)16-26(19-9-7-17(24)8-10-19)32(28,29)22-13-11-20(30-2)12-14-22/h4-15H,3,16H2,1-2H3,(H,25,27).